The van der Waals surface area contributed by atoms with Crippen LogP contribution in [0.3, 0.4) is 0 Å². The van der Waals surface area contributed by atoms with Crippen molar-refractivity contribution in [2.45, 2.75) is 26.7 Å². The van der Waals surface area contributed by atoms with E-state index in [1.165, 1.54) is 4.90 Å². The molecular weight excluding hydrogens is 294 g/mol. The summed E-state index contributed by atoms with van der Waals surface area (Å²) < 4.78 is 0. The van der Waals surface area contributed by atoms with Gasteiger partial charge in [-0.05, 0) is 37.5 Å². The molecule has 2 rings (SSSR count). The third-order valence-corrected chi connectivity index (χ3v) is 3.97. The average Bonchev–Trinajstić information content (AvgIpc) is 2.88. The fourth-order valence-electron chi connectivity index (χ4n) is 2.52. The molecule has 1 aliphatic heterocycles. The highest BCUT2D eigenvalue weighted by Crippen LogP contribution is 2.16. The normalized spacial score (nSPS) is 14.0. The number of carbonyl (C=O) groups is 3. The van der Waals surface area contributed by atoms with E-state index in [1.54, 1.807) is 11.9 Å². The number of hydrogen-bond acceptors (Lipinski definition) is 3. The molecule has 6 heteroatoms. The smallest absolute Gasteiger partial charge is 0.243 e. The molecule has 0 atom stereocenters. The van der Waals surface area contributed by atoms with E-state index in [9.17, 15) is 14.4 Å². The minimum atomic E-state index is -0.248. The number of aryl methyl sites for hydroxylation is 2. The highest BCUT2D eigenvalue weighted by Gasteiger charge is 2.24. The third kappa shape index (κ3) is 4.55. The fraction of sp³-hybridized carbons (Fsp3) is 0.471. The molecule has 1 fully saturated rings. The third-order valence-electron chi connectivity index (χ3n) is 3.97. The maximum absolute atomic E-state index is 12.1. The second-order valence-corrected chi connectivity index (χ2v) is 6.04. The van der Waals surface area contributed by atoms with Gasteiger partial charge in [-0.2, -0.15) is 0 Å². The summed E-state index contributed by atoms with van der Waals surface area (Å²) in [6, 6.07) is 5.82. The molecule has 1 aliphatic rings. The van der Waals surface area contributed by atoms with Gasteiger partial charge in [0.1, 0.15) is 0 Å². The summed E-state index contributed by atoms with van der Waals surface area (Å²) >= 11 is 0. The quantitative estimate of drug-likeness (QED) is 0.890. The van der Waals surface area contributed by atoms with Gasteiger partial charge in [-0.25, -0.2) is 0 Å². The van der Waals surface area contributed by atoms with E-state index >= 15 is 0 Å². The lowest BCUT2D eigenvalue weighted by molar-refractivity contribution is -0.138. The van der Waals surface area contributed by atoms with Gasteiger partial charge < -0.3 is 15.1 Å². The number of rotatable bonds is 5. The maximum Gasteiger partial charge on any atom is 0.243 e. The number of amides is 3. The van der Waals surface area contributed by atoms with Crippen LogP contribution in [0, 0.1) is 13.8 Å². The van der Waals surface area contributed by atoms with Crippen molar-refractivity contribution in [3.63, 3.8) is 0 Å². The largest absolute Gasteiger partial charge is 0.335 e. The number of nitrogens with zero attached hydrogens (tertiary/aromatic N) is 2. The van der Waals surface area contributed by atoms with Crippen LogP contribution in [0.15, 0.2) is 18.2 Å². The summed E-state index contributed by atoms with van der Waals surface area (Å²) in [5, 5.41) is 2.83. The number of hydrogen-bond donors (Lipinski definition) is 1. The highest BCUT2D eigenvalue weighted by molar-refractivity contribution is 5.95. The molecule has 0 aromatic heterocycles. The molecule has 0 bridgehead atoms. The lowest BCUT2D eigenvalue weighted by atomic mass is 10.1. The first-order chi connectivity index (χ1) is 10.9. The summed E-state index contributed by atoms with van der Waals surface area (Å²) in [6.45, 7) is 4.51. The lowest BCUT2D eigenvalue weighted by Crippen LogP contribution is -2.42. The number of carbonyl (C=O) groups excluding carboxylic acids is 3. The van der Waals surface area contributed by atoms with Gasteiger partial charge in [0.25, 0.3) is 0 Å². The SMILES string of the molecule is Cc1ccc(C)c(NC(=O)CN(C)C(=O)CN2CCCC2=O)c1. The standard InChI is InChI=1S/C17H23N3O3/c1-12-6-7-13(2)14(9-12)18-15(21)10-19(3)17(23)11-20-8-4-5-16(20)22/h6-7,9H,4-5,8,10-11H2,1-3H3,(H,18,21). The number of likely N-dealkylation sites (N-methyl/N-ethyl adjacent to an activating group) is 1. The highest BCUT2D eigenvalue weighted by atomic mass is 16.2. The molecule has 1 aromatic rings. The van der Waals surface area contributed by atoms with E-state index in [0.29, 0.717) is 13.0 Å². The number of likely N-dealkylation sites (tertiary alicyclic amines) is 1. The number of nitrogens with one attached hydrogen (secondary N) is 1. The van der Waals surface area contributed by atoms with Gasteiger partial charge in [0.05, 0.1) is 13.1 Å². The molecule has 124 valence electrons. The molecule has 3 amide bonds. The summed E-state index contributed by atoms with van der Waals surface area (Å²) in [5.41, 5.74) is 2.79. The molecule has 0 aliphatic carbocycles. The van der Waals surface area contributed by atoms with Gasteiger partial charge in [-0.3, -0.25) is 14.4 Å². The van der Waals surface area contributed by atoms with Gasteiger partial charge in [-0.15, -0.1) is 0 Å². The van der Waals surface area contributed by atoms with Crippen molar-refractivity contribution in [2.24, 2.45) is 0 Å². The maximum atomic E-state index is 12.1. The topological polar surface area (TPSA) is 69.7 Å². The van der Waals surface area contributed by atoms with E-state index in [2.05, 4.69) is 5.32 Å². The Bertz CT molecular complexity index is 628. The zero-order chi connectivity index (χ0) is 17.0. The second kappa shape index (κ2) is 7.26. The van der Waals surface area contributed by atoms with Crippen LogP contribution in [-0.4, -0.2) is 54.2 Å². The van der Waals surface area contributed by atoms with Crippen LogP contribution < -0.4 is 5.32 Å². The molecule has 1 saturated heterocycles. The van der Waals surface area contributed by atoms with E-state index in [0.717, 1.165) is 23.2 Å². The Labute approximate surface area is 136 Å². The molecule has 23 heavy (non-hydrogen) atoms. The summed E-state index contributed by atoms with van der Waals surface area (Å²) in [5.74, 6) is -0.467. The molecule has 6 nitrogen and oxygen atoms in total. The van der Waals surface area contributed by atoms with E-state index in [4.69, 9.17) is 0 Å². The Morgan fingerprint density at radius 3 is 2.70 bits per heavy atom. The molecule has 1 N–H and O–H groups in total. The van der Waals surface area contributed by atoms with Crippen molar-refractivity contribution in [3.8, 4) is 0 Å². The van der Waals surface area contributed by atoms with Gasteiger partial charge in [0, 0.05) is 25.7 Å². The lowest BCUT2D eigenvalue weighted by Gasteiger charge is -2.21. The van der Waals surface area contributed by atoms with Crippen LogP contribution in [0.2, 0.25) is 0 Å². The van der Waals surface area contributed by atoms with Crippen LogP contribution in [0.5, 0.6) is 0 Å². The Morgan fingerprint density at radius 2 is 2.04 bits per heavy atom. The molecule has 0 spiro atoms. The predicted molar refractivity (Wildman–Crippen MR) is 88.0 cm³/mol. The molecule has 0 unspecified atom stereocenters. The Morgan fingerprint density at radius 1 is 1.30 bits per heavy atom. The Balaban J connectivity index is 1.87. The molecule has 1 aromatic carbocycles. The zero-order valence-electron chi connectivity index (χ0n) is 13.9. The van der Waals surface area contributed by atoms with Crippen LogP contribution >= 0.6 is 0 Å². The minimum Gasteiger partial charge on any atom is -0.335 e. The van der Waals surface area contributed by atoms with Crippen molar-refractivity contribution >= 4 is 23.4 Å². The van der Waals surface area contributed by atoms with Gasteiger partial charge >= 0.3 is 0 Å². The number of benzene rings is 1. The fourth-order valence-corrected chi connectivity index (χ4v) is 2.52. The van der Waals surface area contributed by atoms with Crippen molar-refractivity contribution in [2.75, 3.05) is 32.0 Å². The van der Waals surface area contributed by atoms with Crippen molar-refractivity contribution < 1.29 is 14.4 Å². The minimum absolute atomic E-state index is 0.00610. The first kappa shape index (κ1) is 17.0. The monoisotopic (exact) mass is 317 g/mol. The van der Waals surface area contributed by atoms with Crippen molar-refractivity contribution in [3.05, 3.63) is 29.3 Å². The van der Waals surface area contributed by atoms with E-state index in [1.807, 2.05) is 32.0 Å². The zero-order valence-corrected chi connectivity index (χ0v) is 13.9. The van der Waals surface area contributed by atoms with Gasteiger partial charge in [-0.1, -0.05) is 12.1 Å². The number of anilines is 1. The van der Waals surface area contributed by atoms with E-state index < -0.39 is 0 Å². The molecule has 1 heterocycles. The summed E-state index contributed by atoms with van der Waals surface area (Å²) in [4.78, 5) is 38.6. The van der Waals surface area contributed by atoms with Gasteiger partial charge in [0.15, 0.2) is 0 Å². The second-order valence-electron chi connectivity index (χ2n) is 6.04. The summed E-state index contributed by atoms with van der Waals surface area (Å²) in [7, 11) is 1.57. The van der Waals surface area contributed by atoms with Crippen LogP contribution in [0.25, 0.3) is 0 Å². The predicted octanol–water partition coefficient (Wildman–Crippen LogP) is 1.32. The average molecular weight is 317 g/mol. The van der Waals surface area contributed by atoms with Crippen LogP contribution in [-0.2, 0) is 14.4 Å². The van der Waals surface area contributed by atoms with E-state index in [-0.39, 0.29) is 30.8 Å². The molecule has 0 saturated carbocycles. The van der Waals surface area contributed by atoms with Crippen LogP contribution in [0.4, 0.5) is 5.69 Å². The van der Waals surface area contributed by atoms with Crippen molar-refractivity contribution in [1.82, 2.24) is 9.80 Å². The Hall–Kier alpha value is -2.37. The van der Waals surface area contributed by atoms with Gasteiger partial charge in [0.2, 0.25) is 17.7 Å². The van der Waals surface area contributed by atoms with Crippen molar-refractivity contribution in [1.29, 1.82) is 0 Å². The summed E-state index contributed by atoms with van der Waals surface area (Å²) in [6.07, 6.45) is 1.30. The first-order valence-corrected chi connectivity index (χ1v) is 7.75. The molecular formula is C17H23N3O3. The van der Waals surface area contributed by atoms with Crippen LogP contribution in [0.1, 0.15) is 24.0 Å². The Kier molecular flexibility index (Phi) is 5.36. The first-order valence-electron chi connectivity index (χ1n) is 7.75. The molecule has 0 radical (unpaired) electrons.